The van der Waals surface area contributed by atoms with Crippen LogP contribution in [0.2, 0.25) is 0 Å². The number of carbonyl (C=O) groups excluding carboxylic acids is 4. The molecule has 3 amide bonds. The highest BCUT2D eigenvalue weighted by molar-refractivity contribution is 7.99. The number of carbonyl (C=O) groups is 5. The lowest BCUT2D eigenvalue weighted by atomic mass is 9.81. The van der Waals surface area contributed by atoms with Gasteiger partial charge in [0, 0.05) is 73.4 Å². The number of ketones is 1. The van der Waals surface area contributed by atoms with E-state index in [0.29, 0.717) is 50.9 Å². The number of benzene rings is 2. The van der Waals surface area contributed by atoms with Gasteiger partial charge < -0.3 is 20.3 Å². The van der Waals surface area contributed by atoms with E-state index in [1.807, 2.05) is 52.1 Å². The van der Waals surface area contributed by atoms with E-state index in [4.69, 9.17) is 5.73 Å². The van der Waals surface area contributed by atoms with Crippen molar-refractivity contribution in [2.24, 2.45) is 17.6 Å². The molecular formula is C43H52F2N4O6S. The molecule has 2 atom stereocenters. The van der Waals surface area contributed by atoms with Gasteiger partial charge in [-0.2, -0.15) is 11.8 Å². The summed E-state index contributed by atoms with van der Waals surface area (Å²) in [6.45, 7) is 1.45. The van der Waals surface area contributed by atoms with Crippen LogP contribution in [0.5, 0.6) is 0 Å². The molecule has 10 nitrogen and oxygen atoms in total. The number of thioether (sulfide) groups is 1. The van der Waals surface area contributed by atoms with Crippen LogP contribution < -0.4 is 5.73 Å². The van der Waals surface area contributed by atoms with Gasteiger partial charge in [0.25, 0.3) is 11.8 Å². The van der Waals surface area contributed by atoms with E-state index >= 15 is 4.39 Å². The van der Waals surface area contributed by atoms with Gasteiger partial charge in [0.15, 0.2) is 0 Å². The van der Waals surface area contributed by atoms with Crippen LogP contribution in [-0.4, -0.2) is 80.1 Å². The Morgan fingerprint density at radius 2 is 1.66 bits per heavy atom. The summed E-state index contributed by atoms with van der Waals surface area (Å²) in [6, 6.07) is 14.7. The maximum absolute atomic E-state index is 15.2. The van der Waals surface area contributed by atoms with Gasteiger partial charge in [-0.05, 0) is 74.4 Å². The molecule has 1 aliphatic heterocycles. The minimum absolute atomic E-state index is 0.000660. The van der Waals surface area contributed by atoms with E-state index in [1.54, 1.807) is 0 Å². The zero-order valence-corrected chi connectivity index (χ0v) is 32.6. The fourth-order valence-corrected chi connectivity index (χ4v) is 8.74. The monoisotopic (exact) mass is 790 g/mol. The number of carboxylic acid groups (broad SMARTS) is 1. The minimum Gasteiger partial charge on any atom is -0.481 e. The average molecular weight is 791 g/mol. The van der Waals surface area contributed by atoms with E-state index in [9.17, 15) is 33.5 Å². The van der Waals surface area contributed by atoms with E-state index in [0.717, 1.165) is 60.4 Å². The Morgan fingerprint density at radius 1 is 0.929 bits per heavy atom. The Labute approximate surface area is 331 Å². The standard InChI is InChI=1S/C43H52F2N4O6S/c44-34-16-17-37(45)36(25-34)32-24-38(47(27-32)26-30-11-4-1-5-12-30)42(31-13-6-2-7-14-31)49(22-10-20-46)41(53)29-56-28-33(43(54)55)23-35(50)15-8-3-9-21-48-39(51)18-19-40(48)52/h1,4-5,11-12,16-19,24-25,27,31,33,42H,2-3,6-10,13-15,20-23,26,28-29,46H2,(H,54,55)/t33-,42+/m0/s1. The summed E-state index contributed by atoms with van der Waals surface area (Å²) >= 11 is 1.19. The largest absolute Gasteiger partial charge is 0.481 e. The van der Waals surface area contributed by atoms with Crippen LogP contribution in [-0.2, 0) is 30.5 Å². The number of nitrogens with zero attached hydrogens (tertiary/aromatic N) is 3. The molecule has 0 spiro atoms. The first-order valence-electron chi connectivity index (χ1n) is 19.6. The highest BCUT2D eigenvalue weighted by Gasteiger charge is 2.36. The van der Waals surface area contributed by atoms with Gasteiger partial charge in [0.05, 0.1) is 17.7 Å². The number of carboxylic acids is 1. The SMILES string of the molecule is NCCCN(C(=O)CSC[C@H](CC(=O)CCCCCN1C(=O)C=CC1=O)C(=O)O)[C@@H](c1cc(-c2cc(F)ccc2F)cn1Cc1ccccc1)C1CCCCC1. The molecule has 300 valence electrons. The van der Waals surface area contributed by atoms with Gasteiger partial charge in [-0.1, -0.05) is 56.0 Å². The smallest absolute Gasteiger partial charge is 0.307 e. The topological polar surface area (TPSA) is 143 Å². The summed E-state index contributed by atoms with van der Waals surface area (Å²) < 4.78 is 31.7. The number of halogens is 2. The molecule has 5 rings (SSSR count). The summed E-state index contributed by atoms with van der Waals surface area (Å²) in [5, 5.41) is 9.98. The first-order valence-corrected chi connectivity index (χ1v) is 20.8. The molecule has 3 N–H and O–H groups in total. The van der Waals surface area contributed by atoms with Crippen LogP contribution in [0.1, 0.15) is 87.9 Å². The Balaban J connectivity index is 1.30. The number of unbranched alkanes of at least 4 members (excludes halogenated alkanes) is 2. The summed E-state index contributed by atoms with van der Waals surface area (Å²) in [5.41, 5.74) is 8.47. The predicted molar refractivity (Wildman–Crippen MR) is 212 cm³/mol. The fourth-order valence-electron chi connectivity index (χ4n) is 7.73. The molecule has 1 aliphatic carbocycles. The Kier molecular flexibility index (Phi) is 16.0. The molecule has 1 saturated carbocycles. The molecule has 0 unspecified atom stereocenters. The van der Waals surface area contributed by atoms with Crippen LogP contribution in [0.15, 0.2) is 72.9 Å². The van der Waals surface area contributed by atoms with Crippen LogP contribution in [0.25, 0.3) is 11.1 Å². The molecule has 1 fully saturated rings. The van der Waals surface area contributed by atoms with Crippen LogP contribution in [0, 0.1) is 23.5 Å². The number of hydrogen-bond donors (Lipinski definition) is 2. The normalized spacial score (nSPS) is 15.7. The summed E-state index contributed by atoms with van der Waals surface area (Å²) in [5.74, 6) is -4.05. The number of Topliss-reactive ketones (excluding diaryl/α,β-unsaturated/α-hetero) is 1. The second kappa shape index (κ2) is 21.1. The lowest BCUT2D eigenvalue weighted by Crippen LogP contribution is -2.42. The third-order valence-electron chi connectivity index (χ3n) is 10.6. The second-order valence-corrected chi connectivity index (χ2v) is 15.8. The quantitative estimate of drug-likeness (QED) is 0.0807. The van der Waals surface area contributed by atoms with Crippen molar-refractivity contribution < 1.29 is 37.9 Å². The fraction of sp³-hybridized carbons (Fsp3) is 0.465. The zero-order valence-electron chi connectivity index (χ0n) is 31.8. The number of amides is 3. The van der Waals surface area contributed by atoms with Crippen LogP contribution >= 0.6 is 11.8 Å². The summed E-state index contributed by atoms with van der Waals surface area (Å²) in [4.78, 5) is 65.8. The average Bonchev–Trinajstić information content (AvgIpc) is 3.75. The van der Waals surface area contributed by atoms with Gasteiger partial charge in [0.1, 0.15) is 17.4 Å². The molecule has 2 heterocycles. The van der Waals surface area contributed by atoms with Crippen molar-refractivity contribution in [3.63, 3.8) is 0 Å². The lowest BCUT2D eigenvalue weighted by Gasteiger charge is -2.39. The number of hydrogen-bond acceptors (Lipinski definition) is 7. The second-order valence-electron chi connectivity index (χ2n) is 14.7. The first-order chi connectivity index (χ1) is 27.0. The van der Waals surface area contributed by atoms with Gasteiger partial charge >= 0.3 is 5.97 Å². The Bertz CT molecular complexity index is 1840. The van der Waals surface area contributed by atoms with E-state index in [2.05, 4.69) is 0 Å². The van der Waals surface area contributed by atoms with Crippen molar-refractivity contribution >= 4 is 41.2 Å². The zero-order chi connectivity index (χ0) is 40.0. The predicted octanol–water partition coefficient (Wildman–Crippen LogP) is 7.16. The number of aliphatic carboxylic acids is 1. The highest BCUT2D eigenvalue weighted by atomic mass is 32.2. The van der Waals surface area contributed by atoms with Crippen molar-refractivity contribution in [2.45, 2.75) is 83.2 Å². The Morgan fingerprint density at radius 3 is 2.36 bits per heavy atom. The number of nitrogens with two attached hydrogens (primary N) is 1. The molecule has 2 aliphatic rings. The van der Waals surface area contributed by atoms with Crippen molar-refractivity contribution in [3.05, 3.63) is 95.8 Å². The van der Waals surface area contributed by atoms with Crippen molar-refractivity contribution in [3.8, 4) is 11.1 Å². The van der Waals surface area contributed by atoms with Crippen molar-refractivity contribution in [1.29, 1.82) is 0 Å². The highest BCUT2D eigenvalue weighted by Crippen LogP contribution is 2.41. The first kappa shape index (κ1) is 42.5. The molecule has 0 saturated heterocycles. The third-order valence-corrected chi connectivity index (χ3v) is 11.7. The van der Waals surface area contributed by atoms with Gasteiger partial charge in [-0.15, -0.1) is 0 Å². The number of rotatable bonds is 22. The number of aromatic nitrogens is 1. The van der Waals surface area contributed by atoms with Gasteiger partial charge in [0.2, 0.25) is 5.91 Å². The van der Waals surface area contributed by atoms with Crippen molar-refractivity contribution in [1.82, 2.24) is 14.4 Å². The molecule has 0 radical (unpaired) electrons. The maximum Gasteiger partial charge on any atom is 0.307 e. The Hall–Kier alpha value is -4.62. The molecule has 13 heteroatoms. The molecule has 0 bridgehead atoms. The summed E-state index contributed by atoms with van der Waals surface area (Å²) in [6.07, 6.45) is 11.4. The van der Waals surface area contributed by atoms with Crippen LogP contribution in [0.3, 0.4) is 0 Å². The van der Waals surface area contributed by atoms with E-state index < -0.39 is 23.5 Å². The maximum atomic E-state index is 15.2. The van der Waals surface area contributed by atoms with Crippen molar-refractivity contribution in [2.75, 3.05) is 31.1 Å². The molecule has 2 aromatic carbocycles. The molecule has 56 heavy (non-hydrogen) atoms. The molecule has 1 aromatic heterocycles. The van der Waals surface area contributed by atoms with Gasteiger partial charge in [-0.3, -0.25) is 28.9 Å². The van der Waals surface area contributed by atoms with E-state index in [-0.39, 0.29) is 71.9 Å². The minimum atomic E-state index is -1.10. The third kappa shape index (κ3) is 11.7. The lowest BCUT2D eigenvalue weighted by molar-refractivity contribution is -0.143. The molecular weight excluding hydrogens is 739 g/mol. The summed E-state index contributed by atoms with van der Waals surface area (Å²) in [7, 11) is 0. The number of imide groups is 1. The van der Waals surface area contributed by atoms with Gasteiger partial charge in [-0.25, -0.2) is 8.78 Å². The molecule has 3 aromatic rings. The van der Waals surface area contributed by atoms with Crippen LogP contribution in [0.4, 0.5) is 8.78 Å². The van der Waals surface area contributed by atoms with E-state index in [1.165, 1.54) is 30.0 Å².